The van der Waals surface area contributed by atoms with E-state index in [9.17, 15) is 0 Å². The van der Waals surface area contributed by atoms with E-state index in [0.29, 0.717) is 11.3 Å². The Morgan fingerprint density at radius 2 is 2.36 bits per heavy atom. The van der Waals surface area contributed by atoms with Crippen LogP contribution in [0, 0.1) is 11.3 Å². The summed E-state index contributed by atoms with van der Waals surface area (Å²) in [6, 6.07) is 1.97. The van der Waals surface area contributed by atoms with Crippen LogP contribution < -0.4 is 11.1 Å². The van der Waals surface area contributed by atoms with Crippen molar-refractivity contribution in [3.8, 4) is 6.07 Å². The first-order valence-electron chi connectivity index (χ1n) is 3.10. The minimum Gasteiger partial charge on any atom is -0.404 e. The van der Waals surface area contributed by atoms with Gasteiger partial charge in [0.25, 0.3) is 0 Å². The highest BCUT2D eigenvalue weighted by Gasteiger charge is 1.97. The maximum Gasteiger partial charge on any atom is 0.0671 e. The van der Waals surface area contributed by atoms with Crippen molar-refractivity contribution in [3.63, 3.8) is 0 Å². The van der Waals surface area contributed by atoms with Gasteiger partial charge in [-0.25, -0.2) is 0 Å². The molecule has 0 saturated heterocycles. The van der Waals surface area contributed by atoms with Gasteiger partial charge in [0, 0.05) is 17.5 Å². The molecule has 0 aliphatic heterocycles. The minimum absolute atomic E-state index is 0.260. The lowest BCUT2D eigenvalue weighted by molar-refractivity contribution is 1.04. The topological polar surface area (TPSA) is 61.8 Å². The molecule has 0 atom stereocenters. The van der Waals surface area contributed by atoms with Crippen molar-refractivity contribution in [3.05, 3.63) is 36.8 Å². The van der Waals surface area contributed by atoms with Crippen LogP contribution in [0.4, 0.5) is 0 Å². The van der Waals surface area contributed by atoms with Gasteiger partial charge in [0.05, 0.1) is 12.5 Å². The first-order chi connectivity index (χ1) is 5.26. The summed E-state index contributed by atoms with van der Waals surface area (Å²) in [6.07, 6.45) is 3.11. The van der Waals surface area contributed by atoms with E-state index in [4.69, 9.17) is 11.0 Å². The van der Waals surface area contributed by atoms with E-state index in [1.165, 1.54) is 12.4 Å². The molecule has 0 saturated carbocycles. The summed E-state index contributed by atoms with van der Waals surface area (Å²) in [6.45, 7) is 7.11. The van der Waals surface area contributed by atoms with Crippen LogP contribution in [0.25, 0.3) is 0 Å². The monoisotopic (exact) mass is 149 g/mol. The second-order valence-corrected chi connectivity index (χ2v) is 1.85. The van der Waals surface area contributed by atoms with Crippen LogP contribution in [0.2, 0.25) is 0 Å². The summed E-state index contributed by atoms with van der Waals surface area (Å²) >= 11 is 0. The van der Waals surface area contributed by atoms with Crippen molar-refractivity contribution in [1.82, 2.24) is 5.32 Å². The molecule has 3 N–H and O–H groups in total. The Kier molecular flexibility index (Phi) is 4.34. The SMILES string of the molecule is C=CNC(=C)/C(=C\N)CC#N. The quantitative estimate of drug-likeness (QED) is 0.586. The van der Waals surface area contributed by atoms with E-state index < -0.39 is 0 Å². The zero-order valence-corrected chi connectivity index (χ0v) is 6.30. The summed E-state index contributed by atoms with van der Waals surface area (Å²) in [7, 11) is 0. The Labute approximate surface area is 66.5 Å². The average Bonchev–Trinajstić information content (AvgIpc) is 2.00. The lowest BCUT2D eigenvalue weighted by Crippen LogP contribution is -2.06. The van der Waals surface area contributed by atoms with Crippen molar-refractivity contribution in [1.29, 1.82) is 5.26 Å². The molecule has 0 amide bonds. The Bertz CT molecular complexity index is 220. The van der Waals surface area contributed by atoms with E-state index in [0.717, 1.165) is 0 Å². The van der Waals surface area contributed by atoms with Crippen LogP contribution in [0.5, 0.6) is 0 Å². The maximum atomic E-state index is 8.34. The highest BCUT2D eigenvalue weighted by Crippen LogP contribution is 2.06. The standard InChI is InChI=1S/C8H11N3/c1-3-11-7(2)8(6-10)4-5-9/h3,6,11H,1-2,4,10H2/b8-6-. The normalized spacial score (nSPS) is 9.91. The average molecular weight is 149 g/mol. The molecule has 0 rings (SSSR count). The van der Waals surface area contributed by atoms with Gasteiger partial charge in [-0.15, -0.1) is 0 Å². The number of nitrogens with zero attached hydrogens (tertiary/aromatic N) is 1. The third-order valence-corrected chi connectivity index (χ3v) is 1.13. The highest BCUT2D eigenvalue weighted by molar-refractivity contribution is 5.29. The molecule has 0 aromatic carbocycles. The van der Waals surface area contributed by atoms with Gasteiger partial charge in [0.2, 0.25) is 0 Å². The number of allylic oxidation sites excluding steroid dienone is 1. The smallest absolute Gasteiger partial charge is 0.0671 e. The number of hydrogen-bond acceptors (Lipinski definition) is 3. The largest absolute Gasteiger partial charge is 0.404 e. The first kappa shape index (κ1) is 9.31. The number of nitrogens with two attached hydrogens (primary N) is 1. The molecule has 3 heteroatoms. The van der Waals surface area contributed by atoms with Crippen molar-refractivity contribution >= 4 is 0 Å². The molecule has 0 aliphatic carbocycles. The fourth-order valence-electron chi connectivity index (χ4n) is 0.567. The zero-order valence-electron chi connectivity index (χ0n) is 6.30. The summed E-state index contributed by atoms with van der Waals surface area (Å²) in [5.74, 6) is 0. The third-order valence-electron chi connectivity index (χ3n) is 1.13. The van der Waals surface area contributed by atoms with E-state index >= 15 is 0 Å². The molecule has 0 unspecified atom stereocenters. The molecule has 0 aromatic rings. The molecule has 0 aliphatic rings. The number of rotatable bonds is 4. The predicted octanol–water partition coefficient (Wildman–Crippen LogP) is 0.989. The van der Waals surface area contributed by atoms with Gasteiger partial charge in [-0.05, 0) is 6.20 Å². The molecule has 0 fully saturated rings. The predicted molar refractivity (Wildman–Crippen MR) is 45.0 cm³/mol. The molecule has 0 spiro atoms. The first-order valence-corrected chi connectivity index (χ1v) is 3.10. The number of nitriles is 1. The summed E-state index contributed by atoms with van der Waals surface area (Å²) in [5.41, 5.74) is 6.54. The summed E-state index contributed by atoms with van der Waals surface area (Å²) < 4.78 is 0. The Balaban J connectivity index is 4.18. The van der Waals surface area contributed by atoms with Gasteiger partial charge in [-0.3, -0.25) is 0 Å². The van der Waals surface area contributed by atoms with Gasteiger partial charge < -0.3 is 11.1 Å². The molecular formula is C8H11N3. The van der Waals surface area contributed by atoms with Crippen LogP contribution in [0.1, 0.15) is 6.42 Å². The Morgan fingerprint density at radius 3 is 2.73 bits per heavy atom. The lowest BCUT2D eigenvalue weighted by Gasteiger charge is -2.04. The zero-order chi connectivity index (χ0) is 8.69. The number of nitrogens with one attached hydrogen (secondary N) is 1. The fourth-order valence-corrected chi connectivity index (χ4v) is 0.567. The Hall–Kier alpha value is -1.69. The highest BCUT2D eigenvalue weighted by atomic mass is 14.8. The maximum absolute atomic E-state index is 8.34. The molecule has 0 aromatic heterocycles. The van der Waals surface area contributed by atoms with E-state index in [-0.39, 0.29) is 6.42 Å². The van der Waals surface area contributed by atoms with Crippen LogP contribution in [0.3, 0.4) is 0 Å². The molecule has 0 radical (unpaired) electrons. The molecule has 0 bridgehead atoms. The van der Waals surface area contributed by atoms with Crippen molar-refractivity contribution in [2.24, 2.45) is 5.73 Å². The van der Waals surface area contributed by atoms with Crippen molar-refractivity contribution < 1.29 is 0 Å². The Morgan fingerprint density at radius 1 is 1.73 bits per heavy atom. The third kappa shape index (κ3) is 3.11. The van der Waals surface area contributed by atoms with Gasteiger partial charge in [-0.1, -0.05) is 13.2 Å². The van der Waals surface area contributed by atoms with Crippen LogP contribution in [-0.4, -0.2) is 0 Å². The van der Waals surface area contributed by atoms with E-state index in [2.05, 4.69) is 18.5 Å². The number of hydrogen-bond donors (Lipinski definition) is 2. The molecular weight excluding hydrogens is 138 g/mol. The van der Waals surface area contributed by atoms with E-state index in [1.54, 1.807) is 0 Å². The van der Waals surface area contributed by atoms with Crippen LogP contribution in [-0.2, 0) is 0 Å². The summed E-state index contributed by atoms with van der Waals surface area (Å²) in [4.78, 5) is 0. The molecule has 58 valence electrons. The van der Waals surface area contributed by atoms with Crippen LogP contribution >= 0.6 is 0 Å². The molecule has 11 heavy (non-hydrogen) atoms. The summed E-state index contributed by atoms with van der Waals surface area (Å²) in [5, 5.41) is 11.1. The van der Waals surface area contributed by atoms with Crippen molar-refractivity contribution in [2.75, 3.05) is 0 Å². The second-order valence-electron chi connectivity index (χ2n) is 1.85. The molecule has 0 heterocycles. The van der Waals surface area contributed by atoms with Crippen molar-refractivity contribution in [2.45, 2.75) is 6.42 Å². The minimum atomic E-state index is 0.260. The van der Waals surface area contributed by atoms with Gasteiger partial charge in [-0.2, -0.15) is 5.26 Å². The molecule has 3 nitrogen and oxygen atoms in total. The van der Waals surface area contributed by atoms with E-state index in [1.807, 2.05) is 6.07 Å². The van der Waals surface area contributed by atoms with Gasteiger partial charge in [0.1, 0.15) is 0 Å². The lowest BCUT2D eigenvalue weighted by atomic mass is 10.2. The van der Waals surface area contributed by atoms with Gasteiger partial charge >= 0.3 is 0 Å². The van der Waals surface area contributed by atoms with Gasteiger partial charge in [0.15, 0.2) is 0 Å². The fraction of sp³-hybridized carbons (Fsp3) is 0.125. The van der Waals surface area contributed by atoms with Crippen LogP contribution in [0.15, 0.2) is 36.8 Å². The second kappa shape index (κ2) is 5.12.